The molecule has 1 atom stereocenters. The summed E-state index contributed by atoms with van der Waals surface area (Å²) < 4.78 is 0. The number of terminal acetylenes is 1. The Kier molecular flexibility index (Phi) is 17.0. The summed E-state index contributed by atoms with van der Waals surface area (Å²) in [7, 11) is 0. The monoisotopic (exact) mass is 612 g/mol. The molecule has 244 valence electrons. The minimum atomic E-state index is 0.490. The Labute approximate surface area is 283 Å². The molecule has 0 amide bonds. The second kappa shape index (κ2) is 20.3. The van der Waals surface area contributed by atoms with Crippen LogP contribution < -0.4 is 0 Å². The van der Waals surface area contributed by atoms with Crippen molar-refractivity contribution in [2.24, 2.45) is 5.92 Å². The molecule has 0 radical (unpaired) electrons. The quantitative estimate of drug-likeness (QED) is 0.167. The zero-order chi connectivity index (χ0) is 34.1. The maximum atomic E-state index is 5.57. The van der Waals surface area contributed by atoms with Crippen molar-refractivity contribution in [1.29, 1.82) is 0 Å². The minimum Gasteiger partial charge on any atom is -0.115 e. The first kappa shape index (κ1) is 38.4. The van der Waals surface area contributed by atoms with E-state index in [0.29, 0.717) is 5.92 Å². The lowest BCUT2D eigenvalue weighted by Crippen LogP contribution is -2.13. The summed E-state index contributed by atoms with van der Waals surface area (Å²) in [4.78, 5) is 0. The number of hydrogen-bond donors (Lipinski definition) is 0. The van der Waals surface area contributed by atoms with Gasteiger partial charge in [-0.15, -0.1) is 6.42 Å². The summed E-state index contributed by atoms with van der Waals surface area (Å²) in [6.07, 6.45) is 20.6. The average molecular weight is 613 g/mol. The minimum absolute atomic E-state index is 0.490. The lowest BCUT2D eigenvalue weighted by Gasteiger charge is -2.28. The van der Waals surface area contributed by atoms with E-state index in [1.54, 1.807) is 11.1 Å². The molecular formula is C46H60. The van der Waals surface area contributed by atoms with E-state index in [2.05, 4.69) is 148 Å². The molecule has 0 bridgehead atoms. The summed E-state index contributed by atoms with van der Waals surface area (Å²) in [6, 6.07) is 23.7. The van der Waals surface area contributed by atoms with E-state index in [4.69, 9.17) is 6.42 Å². The SMILES string of the molecule is C#Cc1ccc(-c2ccc(CCC)c(/C(C)=C(\C)C3=CC=CCC3C(CCC)=C(C)CC)c2)cc1.CCC.Cc1ccccc1C. The van der Waals surface area contributed by atoms with Crippen molar-refractivity contribution in [2.75, 3.05) is 0 Å². The fourth-order valence-electron chi connectivity index (χ4n) is 5.96. The Hall–Kier alpha value is -3.82. The summed E-state index contributed by atoms with van der Waals surface area (Å²) in [5.74, 6) is 3.21. The molecule has 3 aromatic carbocycles. The molecule has 0 saturated carbocycles. The first-order valence-electron chi connectivity index (χ1n) is 17.6. The molecule has 4 rings (SSSR count). The fourth-order valence-corrected chi connectivity index (χ4v) is 5.96. The van der Waals surface area contributed by atoms with Gasteiger partial charge in [-0.1, -0.05) is 138 Å². The molecule has 0 aliphatic heterocycles. The van der Waals surface area contributed by atoms with E-state index >= 15 is 0 Å². The van der Waals surface area contributed by atoms with Gasteiger partial charge < -0.3 is 0 Å². The van der Waals surface area contributed by atoms with Gasteiger partial charge in [0.25, 0.3) is 0 Å². The zero-order valence-electron chi connectivity index (χ0n) is 30.7. The van der Waals surface area contributed by atoms with Gasteiger partial charge in [0.2, 0.25) is 0 Å². The molecule has 0 saturated heterocycles. The van der Waals surface area contributed by atoms with E-state index in [-0.39, 0.29) is 0 Å². The lowest BCUT2D eigenvalue weighted by molar-refractivity contribution is 0.658. The fraction of sp³-hybridized carbons (Fsp3) is 0.391. The maximum Gasteiger partial charge on any atom is 0.0243 e. The highest BCUT2D eigenvalue weighted by molar-refractivity contribution is 5.78. The van der Waals surface area contributed by atoms with E-state index in [9.17, 15) is 0 Å². The molecular weight excluding hydrogens is 553 g/mol. The van der Waals surface area contributed by atoms with Crippen LogP contribution in [0, 0.1) is 32.1 Å². The summed E-state index contributed by atoms with van der Waals surface area (Å²) in [6.45, 7) is 22.3. The first-order valence-corrected chi connectivity index (χ1v) is 17.6. The normalized spacial score (nSPS) is 14.8. The van der Waals surface area contributed by atoms with Crippen molar-refractivity contribution in [3.8, 4) is 23.5 Å². The van der Waals surface area contributed by atoms with Gasteiger partial charge in [-0.2, -0.15) is 0 Å². The second-order valence-electron chi connectivity index (χ2n) is 12.6. The molecule has 1 aliphatic carbocycles. The third kappa shape index (κ3) is 10.9. The Morgan fingerprint density at radius 3 is 1.91 bits per heavy atom. The number of allylic oxidation sites excluding steroid dienone is 8. The van der Waals surface area contributed by atoms with Gasteiger partial charge in [-0.3, -0.25) is 0 Å². The third-order valence-corrected chi connectivity index (χ3v) is 9.02. The average Bonchev–Trinajstić information content (AvgIpc) is 3.08. The van der Waals surface area contributed by atoms with Gasteiger partial charge >= 0.3 is 0 Å². The molecule has 1 unspecified atom stereocenters. The summed E-state index contributed by atoms with van der Waals surface area (Å²) in [5.41, 5.74) is 16.5. The second-order valence-corrected chi connectivity index (χ2v) is 12.6. The highest BCUT2D eigenvalue weighted by atomic mass is 14.3. The van der Waals surface area contributed by atoms with Crippen molar-refractivity contribution < 1.29 is 0 Å². The zero-order valence-corrected chi connectivity index (χ0v) is 30.7. The third-order valence-electron chi connectivity index (χ3n) is 9.02. The first-order chi connectivity index (χ1) is 22.2. The molecule has 46 heavy (non-hydrogen) atoms. The van der Waals surface area contributed by atoms with Crippen molar-refractivity contribution >= 4 is 5.57 Å². The van der Waals surface area contributed by atoms with E-state index in [1.807, 2.05) is 12.1 Å². The highest BCUT2D eigenvalue weighted by Gasteiger charge is 2.23. The molecule has 1 aliphatic rings. The van der Waals surface area contributed by atoms with Gasteiger partial charge in [-0.05, 0) is 129 Å². The van der Waals surface area contributed by atoms with Crippen LogP contribution in [-0.2, 0) is 6.42 Å². The number of benzene rings is 3. The molecule has 0 heteroatoms. The van der Waals surface area contributed by atoms with Crippen LogP contribution in [0.5, 0.6) is 0 Å². The largest absolute Gasteiger partial charge is 0.115 e. The standard InChI is InChI=1S/C35H42.C8H10.C3H8/c1-8-14-30-22-23-31(29-20-18-28(11-4)19-21-29)24-35(30)27(7)26(6)33-16-12-13-17-34(33)32(15-9-2)25(5)10-3;1-7-5-3-4-6-8(7)2;1-3-2/h4,12-13,16,18-24,34H,8-10,14-15,17H2,1-3,5-7H3;3-6H,1-2H3;3H2,1-2H3/b27-26+,32-25?;;. The van der Waals surface area contributed by atoms with Gasteiger partial charge in [-0.25, -0.2) is 0 Å². The molecule has 0 N–H and O–H groups in total. The van der Waals surface area contributed by atoms with Crippen LogP contribution in [0.2, 0.25) is 0 Å². The predicted molar refractivity (Wildman–Crippen MR) is 207 cm³/mol. The van der Waals surface area contributed by atoms with Crippen LogP contribution >= 0.6 is 0 Å². The number of hydrogen-bond acceptors (Lipinski definition) is 0. The summed E-state index contributed by atoms with van der Waals surface area (Å²) in [5, 5.41) is 0. The Morgan fingerprint density at radius 1 is 0.783 bits per heavy atom. The molecule has 0 aromatic heterocycles. The molecule has 0 heterocycles. The molecule has 0 spiro atoms. The van der Waals surface area contributed by atoms with Gasteiger partial charge in [0.15, 0.2) is 0 Å². The van der Waals surface area contributed by atoms with Crippen molar-refractivity contribution in [1.82, 2.24) is 0 Å². The van der Waals surface area contributed by atoms with Gasteiger partial charge in [0.05, 0.1) is 0 Å². The predicted octanol–water partition coefficient (Wildman–Crippen LogP) is 13.8. The Bertz CT molecular complexity index is 1520. The van der Waals surface area contributed by atoms with Crippen LogP contribution in [0.25, 0.3) is 16.7 Å². The molecule has 0 fully saturated rings. The Balaban J connectivity index is 0.000000567. The molecule has 3 aromatic rings. The Morgan fingerprint density at radius 2 is 1.39 bits per heavy atom. The topological polar surface area (TPSA) is 0 Å². The van der Waals surface area contributed by atoms with E-state index in [1.165, 1.54) is 69.4 Å². The number of rotatable bonds is 9. The summed E-state index contributed by atoms with van der Waals surface area (Å²) >= 11 is 0. The van der Waals surface area contributed by atoms with Gasteiger partial charge in [0, 0.05) is 11.5 Å². The van der Waals surface area contributed by atoms with E-state index < -0.39 is 0 Å². The lowest BCUT2D eigenvalue weighted by atomic mass is 9.76. The van der Waals surface area contributed by atoms with Crippen molar-refractivity contribution in [3.63, 3.8) is 0 Å². The molecule has 0 nitrogen and oxygen atoms in total. The van der Waals surface area contributed by atoms with Crippen LogP contribution in [-0.4, -0.2) is 0 Å². The maximum absolute atomic E-state index is 5.57. The van der Waals surface area contributed by atoms with Crippen LogP contribution in [0.1, 0.15) is 122 Å². The van der Waals surface area contributed by atoms with Gasteiger partial charge in [0.1, 0.15) is 0 Å². The van der Waals surface area contributed by atoms with Crippen LogP contribution in [0.15, 0.2) is 107 Å². The van der Waals surface area contributed by atoms with E-state index in [0.717, 1.165) is 31.2 Å². The van der Waals surface area contributed by atoms with Crippen molar-refractivity contribution in [3.05, 3.63) is 135 Å². The van der Waals surface area contributed by atoms with Crippen molar-refractivity contribution in [2.45, 2.75) is 114 Å². The smallest absolute Gasteiger partial charge is 0.0243 e. The highest BCUT2D eigenvalue weighted by Crippen LogP contribution is 2.40. The van der Waals surface area contributed by atoms with Crippen LogP contribution in [0.3, 0.4) is 0 Å². The number of aryl methyl sites for hydroxylation is 3. The van der Waals surface area contributed by atoms with Crippen LogP contribution in [0.4, 0.5) is 0 Å².